The molecule has 0 radical (unpaired) electrons. The molecule has 2 aliphatic heterocycles. The minimum absolute atomic E-state index is 0.283. The molecule has 1 spiro atoms. The van der Waals surface area contributed by atoms with Crippen LogP contribution in [-0.4, -0.2) is 52.8 Å². The van der Waals surface area contributed by atoms with Crippen LogP contribution in [0, 0.1) is 25.2 Å². The van der Waals surface area contributed by atoms with Gasteiger partial charge in [0.1, 0.15) is 5.76 Å². The molecule has 1 unspecified atom stereocenters. The Kier molecular flexibility index (Phi) is 5.39. The van der Waals surface area contributed by atoms with Gasteiger partial charge in [-0.15, -0.1) is 0 Å². The Labute approximate surface area is 161 Å². The van der Waals surface area contributed by atoms with E-state index in [1.54, 1.807) is 6.26 Å². The molecule has 0 bridgehead atoms. The van der Waals surface area contributed by atoms with Crippen LogP contribution in [0.25, 0.3) is 0 Å². The average molecular weight is 373 g/mol. The van der Waals surface area contributed by atoms with Crippen LogP contribution < -0.4 is 0 Å². The first-order valence-corrected chi connectivity index (χ1v) is 10.1. The van der Waals surface area contributed by atoms with Gasteiger partial charge in [-0.1, -0.05) is 5.16 Å². The molecule has 2 aliphatic rings. The number of hydrogen-bond acceptors (Lipinski definition) is 6. The second-order valence-corrected chi connectivity index (χ2v) is 8.44. The third-order valence-electron chi connectivity index (χ3n) is 6.89. The second-order valence-electron chi connectivity index (χ2n) is 8.44. The number of aliphatic hydroxyl groups excluding tert-OH is 1. The second kappa shape index (κ2) is 7.78. The minimum Gasteiger partial charge on any atom is -0.472 e. The molecule has 4 rings (SSSR count). The Hall–Kier alpha value is -1.63. The van der Waals surface area contributed by atoms with Crippen molar-refractivity contribution in [2.24, 2.45) is 11.3 Å². The topological polar surface area (TPSA) is 65.9 Å². The summed E-state index contributed by atoms with van der Waals surface area (Å²) in [6, 6.07) is 2.03. The highest BCUT2D eigenvalue weighted by Gasteiger charge is 2.44. The van der Waals surface area contributed by atoms with Crippen LogP contribution >= 0.6 is 0 Å². The molecule has 0 saturated carbocycles. The van der Waals surface area contributed by atoms with E-state index in [9.17, 15) is 5.11 Å². The SMILES string of the molecule is Cc1noc(C)c1CN1CCC2(CC1)CCN(Cc1ccoc1)CC2CO. The number of aliphatic hydroxyl groups is 1. The number of nitrogens with zero attached hydrogens (tertiary/aromatic N) is 3. The normalized spacial score (nSPS) is 23.9. The zero-order chi connectivity index (χ0) is 18.9. The minimum atomic E-state index is 0.283. The van der Waals surface area contributed by atoms with Gasteiger partial charge in [-0.2, -0.15) is 0 Å². The average Bonchev–Trinajstić information content (AvgIpc) is 3.30. The van der Waals surface area contributed by atoms with Gasteiger partial charge < -0.3 is 14.0 Å². The van der Waals surface area contributed by atoms with Gasteiger partial charge in [-0.25, -0.2) is 0 Å². The summed E-state index contributed by atoms with van der Waals surface area (Å²) in [5, 5.41) is 14.2. The molecular weight excluding hydrogens is 342 g/mol. The number of aryl methyl sites for hydroxylation is 2. The highest BCUT2D eigenvalue weighted by Crippen LogP contribution is 2.45. The molecule has 6 heteroatoms. The number of likely N-dealkylation sites (tertiary alicyclic amines) is 2. The zero-order valence-electron chi connectivity index (χ0n) is 16.5. The fourth-order valence-corrected chi connectivity index (χ4v) is 4.98. The highest BCUT2D eigenvalue weighted by atomic mass is 16.5. The molecule has 4 heterocycles. The summed E-state index contributed by atoms with van der Waals surface area (Å²) in [6.07, 6.45) is 7.07. The molecular formula is C21H31N3O3. The standard InChI is InChI=1S/C21H31N3O3/c1-16-20(17(2)27-22-16)13-23-7-4-21(5-8-23)6-9-24(12-19(21)14-25)11-18-3-10-26-15-18/h3,10,15,19,25H,4-9,11-14H2,1-2H3. The van der Waals surface area contributed by atoms with E-state index < -0.39 is 0 Å². The van der Waals surface area contributed by atoms with Crippen molar-refractivity contribution in [2.75, 3.05) is 32.8 Å². The molecule has 0 aliphatic carbocycles. The van der Waals surface area contributed by atoms with E-state index in [0.717, 1.165) is 50.7 Å². The van der Waals surface area contributed by atoms with Gasteiger partial charge in [0.2, 0.25) is 0 Å². The Bertz CT molecular complexity index is 712. The molecule has 0 amide bonds. The molecule has 1 atom stereocenters. The molecule has 1 N–H and O–H groups in total. The lowest BCUT2D eigenvalue weighted by atomic mass is 9.64. The Morgan fingerprint density at radius 3 is 2.48 bits per heavy atom. The van der Waals surface area contributed by atoms with E-state index in [-0.39, 0.29) is 12.0 Å². The quantitative estimate of drug-likeness (QED) is 0.869. The number of rotatable bonds is 5. The Balaban J connectivity index is 1.35. The maximum absolute atomic E-state index is 10.1. The van der Waals surface area contributed by atoms with Crippen LogP contribution in [0.4, 0.5) is 0 Å². The van der Waals surface area contributed by atoms with Gasteiger partial charge in [-0.3, -0.25) is 9.80 Å². The lowest BCUT2D eigenvalue weighted by molar-refractivity contribution is -0.0450. The summed E-state index contributed by atoms with van der Waals surface area (Å²) in [6.45, 7) is 10.4. The third-order valence-corrected chi connectivity index (χ3v) is 6.89. The lowest BCUT2D eigenvalue weighted by Crippen LogP contribution is -2.53. The van der Waals surface area contributed by atoms with Gasteiger partial charge in [0.25, 0.3) is 0 Å². The first kappa shape index (κ1) is 18.7. The molecule has 0 aromatic carbocycles. The molecule has 148 valence electrons. The van der Waals surface area contributed by atoms with E-state index >= 15 is 0 Å². The van der Waals surface area contributed by atoms with Crippen LogP contribution in [0.15, 0.2) is 27.5 Å². The van der Waals surface area contributed by atoms with E-state index in [1.807, 2.05) is 26.2 Å². The monoisotopic (exact) mass is 373 g/mol. The van der Waals surface area contributed by atoms with Gasteiger partial charge in [0.05, 0.1) is 18.2 Å². The molecule has 2 saturated heterocycles. The molecule has 2 aromatic heterocycles. The van der Waals surface area contributed by atoms with Crippen molar-refractivity contribution in [3.05, 3.63) is 41.2 Å². The van der Waals surface area contributed by atoms with Crippen molar-refractivity contribution in [1.82, 2.24) is 15.0 Å². The summed E-state index contributed by atoms with van der Waals surface area (Å²) >= 11 is 0. The van der Waals surface area contributed by atoms with Gasteiger partial charge >= 0.3 is 0 Å². The maximum Gasteiger partial charge on any atom is 0.138 e. The smallest absolute Gasteiger partial charge is 0.138 e. The van der Waals surface area contributed by atoms with Gasteiger partial charge in [0.15, 0.2) is 0 Å². The fraction of sp³-hybridized carbons (Fsp3) is 0.667. The summed E-state index contributed by atoms with van der Waals surface area (Å²) in [7, 11) is 0. The predicted octanol–water partition coefficient (Wildman–Crippen LogP) is 2.98. The highest BCUT2D eigenvalue weighted by molar-refractivity contribution is 5.20. The van der Waals surface area contributed by atoms with Gasteiger partial charge in [0, 0.05) is 43.3 Å². The van der Waals surface area contributed by atoms with Crippen molar-refractivity contribution >= 4 is 0 Å². The molecule has 6 nitrogen and oxygen atoms in total. The van der Waals surface area contributed by atoms with Crippen molar-refractivity contribution in [3.63, 3.8) is 0 Å². The molecule has 27 heavy (non-hydrogen) atoms. The van der Waals surface area contributed by atoms with E-state index in [2.05, 4.69) is 15.0 Å². The fourth-order valence-electron chi connectivity index (χ4n) is 4.98. The molecule has 2 fully saturated rings. The summed E-state index contributed by atoms with van der Waals surface area (Å²) in [5.74, 6) is 1.30. The van der Waals surface area contributed by atoms with Crippen LogP contribution in [0.3, 0.4) is 0 Å². The van der Waals surface area contributed by atoms with Crippen LogP contribution in [0.5, 0.6) is 0 Å². The Morgan fingerprint density at radius 2 is 1.89 bits per heavy atom. The van der Waals surface area contributed by atoms with E-state index in [4.69, 9.17) is 8.94 Å². The maximum atomic E-state index is 10.1. The lowest BCUT2D eigenvalue weighted by Gasteiger charge is -2.51. The van der Waals surface area contributed by atoms with Crippen LogP contribution in [0.1, 0.15) is 41.8 Å². The third kappa shape index (κ3) is 3.84. The summed E-state index contributed by atoms with van der Waals surface area (Å²) in [4.78, 5) is 4.98. The summed E-state index contributed by atoms with van der Waals surface area (Å²) in [5.41, 5.74) is 3.75. The number of furan rings is 1. The van der Waals surface area contributed by atoms with Gasteiger partial charge in [-0.05, 0) is 64.2 Å². The molecule has 2 aromatic rings. The van der Waals surface area contributed by atoms with Crippen molar-refractivity contribution in [1.29, 1.82) is 0 Å². The van der Waals surface area contributed by atoms with Crippen molar-refractivity contribution in [3.8, 4) is 0 Å². The first-order chi connectivity index (χ1) is 13.1. The van der Waals surface area contributed by atoms with Crippen molar-refractivity contribution in [2.45, 2.75) is 46.2 Å². The van der Waals surface area contributed by atoms with Crippen molar-refractivity contribution < 1.29 is 14.0 Å². The predicted molar refractivity (Wildman–Crippen MR) is 102 cm³/mol. The van der Waals surface area contributed by atoms with E-state index in [1.165, 1.54) is 30.4 Å². The zero-order valence-corrected chi connectivity index (χ0v) is 16.5. The Morgan fingerprint density at radius 1 is 1.15 bits per heavy atom. The van der Waals surface area contributed by atoms with E-state index in [0.29, 0.717) is 5.92 Å². The largest absolute Gasteiger partial charge is 0.472 e. The van der Waals surface area contributed by atoms with Crippen LogP contribution in [-0.2, 0) is 13.1 Å². The number of aromatic nitrogens is 1. The van der Waals surface area contributed by atoms with Crippen LogP contribution in [0.2, 0.25) is 0 Å². The number of piperidine rings is 2. The first-order valence-electron chi connectivity index (χ1n) is 10.1. The number of hydrogen-bond donors (Lipinski definition) is 1. The summed E-state index contributed by atoms with van der Waals surface area (Å²) < 4.78 is 10.5.